The van der Waals surface area contributed by atoms with Crippen LogP contribution in [0, 0.1) is 5.92 Å². The number of nitrogens with zero attached hydrogens (tertiary/aromatic N) is 2. The third kappa shape index (κ3) is 4.02. The maximum atomic E-state index is 12.4. The molecule has 0 atom stereocenters. The lowest BCUT2D eigenvalue weighted by Gasteiger charge is -2.08. The van der Waals surface area contributed by atoms with Crippen LogP contribution in [0.25, 0.3) is 10.9 Å². The average molecular weight is 334 g/mol. The van der Waals surface area contributed by atoms with E-state index < -0.39 is 0 Å². The Hall–Kier alpha value is -2.75. The Kier molecular flexibility index (Phi) is 5.08. The fourth-order valence-electron chi connectivity index (χ4n) is 2.93. The summed E-state index contributed by atoms with van der Waals surface area (Å²) >= 11 is 0. The Labute approximate surface area is 147 Å². The van der Waals surface area contributed by atoms with Gasteiger partial charge < -0.3 is 0 Å². The number of hydrogen-bond donors (Lipinski definition) is 0. The van der Waals surface area contributed by atoms with Crippen LogP contribution < -0.4 is 5.56 Å². The molecular weight excluding hydrogens is 312 g/mol. The van der Waals surface area contributed by atoms with E-state index in [9.17, 15) is 9.59 Å². The summed E-state index contributed by atoms with van der Waals surface area (Å²) in [6.07, 6.45) is 2.81. The smallest absolute Gasteiger partial charge is 0.261 e. The summed E-state index contributed by atoms with van der Waals surface area (Å²) in [5.41, 5.74) is 2.50. The second-order valence-corrected chi connectivity index (χ2v) is 6.73. The minimum absolute atomic E-state index is 0.0381. The number of ketones is 1. The van der Waals surface area contributed by atoms with Crippen LogP contribution in [-0.4, -0.2) is 15.3 Å². The molecule has 1 heterocycles. The molecule has 3 rings (SSSR count). The topological polar surface area (TPSA) is 52.0 Å². The molecule has 2 aromatic carbocycles. The molecular formula is C21H22N2O2. The van der Waals surface area contributed by atoms with Crippen LogP contribution in [0.4, 0.5) is 0 Å². The first-order chi connectivity index (χ1) is 12.0. The van der Waals surface area contributed by atoms with Gasteiger partial charge in [0.1, 0.15) is 0 Å². The summed E-state index contributed by atoms with van der Waals surface area (Å²) < 4.78 is 1.51. The van der Waals surface area contributed by atoms with Gasteiger partial charge in [0.05, 0.1) is 17.2 Å². The predicted molar refractivity (Wildman–Crippen MR) is 99.9 cm³/mol. The first-order valence-electron chi connectivity index (χ1n) is 8.61. The number of aryl methyl sites for hydroxylation is 1. The van der Waals surface area contributed by atoms with E-state index in [1.54, 1.807) is 6.07 Å². The number of fused-ring (bicyclic) bond motifs is 1. The molecule has 0 bridgehead atoms. The largest absolute Gasteiger partial charge is 0.298 e. The van der Waals surface area contributed by atoms with Crippen molar-refractivity contribution in [2.45, 2.75) is 33.2 Å². The minimum Gasteiger partial charge on any atom is -0.298 e. The second-order valence-electron chi connectivity index (χ2n) is 6.73. The Morgan fingerprint density at radius 1 is 1.08 bits per heavy atom. The van der Waals surface area contributed by atoms with E-state index in [1.807, 2.05) is 42.5 Å². The molecule has 0 N–H and O–H groups in total. The van der Waals surface area contributed by atoms with Crippen LogP contribution in [0.3, 0.4) is 0 Å². The number of Topliss-reactive ketones (excluding diaryl/α,β-unsaturated/α-hetero) is 1. The van der Waals surface area contributed by atoms with Crippen LogP contribution in [-0.2, 0) is 13.0 Å². The molecule has 0 fully saturated rings. The number of aromatic nitrogens is 2. The van der Waals surface area contributed by atoms with Gasteiger partial charge in [-0.15, -0.1) is 0 Å². The third-order valence-corrected chi connectivity index (χ3v) is 4.23. The van der Waals surface area contributed by atoms with Gasteiger partial charge in [-0.05, 0) is 30.0 Å². The highest BCUT2D eigenvalue weighted by atomic mass is 16.1. The Morgan fingerprint density at radius 2 is 1.80 bits per heavy atom. The summed E-state index contributed by atoms with van der Waals surface area (Å²) in [5, 5.41) is 0.579. The van der Waals surface area contributed by atoms with Crippen molar-refractivity contribution in [3.8, 4) is 0 Å². The highest BCUT2D eigenvalue weighted by Gasteiger charge is 2.09. The molecule has 3 aromatic rings. The fraction of sp³-hybridized carbons (Fsp3) is 0.286. The summed E-state index contributed by atoms with van der Waals surface area (Å²) in [6, 6.07) is 15.0. The van der Waals surface area contributed by atoms with E-state index in [0.29, 0.717) is 28.9 Å². The highest BCUT2D eigenvalue weighted by Crippen LogP contribution is 2.12. The number of hydrogen-bond acceptors (Lipinski definition) is 3. The lowest BCUT2D eigenvalue weighted by Crippen LogP contribution is -2.22. The highest BCUT2D eigenvalue weighted by molar-refractivity contribution is 5.96. The molecule has 0 spiro atoms. The quantitative estimate of drug-likeness (QED) is 0.643. The van der Waals surface area contributed by atoms with Crippen LogP contribution >= 0.6 is 0 Å². The molecule has 0 radical (unpaired) electrons. The van der Waals surface area contributed by atoms with E-state index >= 15 is 0 Å². The van der Waals surface area contributed by atoms with Gasteiger partial charge in [-0.25, -0.2) is 4.98 Å². The van der Waals surface area contributed by atoms with Crippen LogP contribution in [0.1, 0.15) is 36.2 Å². The summed E-state index contributed by atoms with van der Waals surface area (Å²) in [7, 11) is 0. The molecule has 0 saturated heterocycles. The molecule has 1 aromatic heterocycles. The zero-order valence-corrected chi connectivity index (χ0v) is 14.6. The molecule has 0 saturated carbocycles. The number of para-hydroxylation sites is 1. The van der Waals surface area contributed by atoms with Gasteiger partial charge in [0.2, 0.25) is 0 Å². The maximum Gasteiger partial charge on any atom is 0.261 e. The van der Waals surface area contributed by atoms with E-state index in [2.05, 4.69) is 18.8 Å². The number of benzene rings is 2. The Morgan fingerprint density at radius 3 is 2.52 bits per heavy atom. The third-order valence-electron chi connectivity index (χ3n) is 4.23. The monoisotopic (exact) mass is 334 g/mol. The fourth-order valence-corrected chi connectivity index (χ4v) is 2.93. The van der Waals surface area contributed by atoms with E-state index in [-0.39, 0.29) is 17.8 Å². The maximum absolute atomic E-state index is 12.4. The van der Waals surface area contributed by atoms with Gasteiger partial charge >= 0.3 is 0 Å². The van der Waals surface area contributed by atoms with Crippen molar-refractivity contribution in [1.82, 2.24) is 9.55 Å². The second kappa shape index (κ2) is 7.43. The van der Waals surface area contributed by atoms with Gasteiger partial charge in [-0.2, -0.15) is 0 Å². The molecule has 0 amide bonds. The van der Waals surface area contributed by atoms with Gasteiger partial charge in [0.25, 0.3) is 5.56 Å². The molecule has 128 valence electrons. The van der Waals surface area contributed by atoms with Crippen molar-refractivity contribution in [1.29, 1.82) is 0 Å². The lowest BCUT2D eigenvalue weighted by molar-refractivity contribution is 0.0976. The average Bonchev–Trinajstić information content (AvgIpc) is 2.61. The normalized spacial score (nSPS) is 11.2. The number of rotatable bonds is 6. The van der Waals surface area contributed by atoms with Crippen LogP contribution in [0.2, 0.25) is 0 Å². The minimum atomic E-state index is -0.106. The van der Waals surface area contributed by atoms with E-state index in [0.717, 1.165) is 6.42 Å². The molecule has 4 nitrogen and oxygen atoms in total. The van der Waals surface area contributed by atoms with Crippen LogP contribution in [0.15, 0.2) is 59.7 Å². The van der Waals surface area contributed by atoms with Gasteiger partial charge in [-0.1, -0.05) is 50.2 Å². The van der Waals surface area contributed by atoms with Gasteiger partial charge in [0, 0.05) is 18.5 Å². The van der Waals surface area contributed by atoms with Crippen molar-refractivity contribution < 1.29 is 4.79 Å². The standard InChI is InChI=1S/C21H22N2O2/c1-15(2)13-16-7-9-17(10-8-16)20(24)11-12-23-14-22-19-6-4-3-5-18(19)21(23)25/h3-10,14-15H,11-13H2,1-2H3. The van der Waals surface area contributed by atoms with Crippen molar-refractivity contribution in [3.63, 3.8) is 0 Å². The van der Waals surface area contributed by atoms with E-state index in [4.69, 9.17) is 0 Å². The van der Waals surface area contributed by atoms with Gasteiger partial charge in [0.15, 0.2) is 5.78 Å². The molecule has 0 aliphatic rings. The summed E-state index contributed by atoms with van der Waals surface area (Å²) in [4.78, 5) is 29.1. The SMILES string of the molecule is CC(C)Cc1ccc(C(=O)CCn2cnc3ccccc3c2=O)cc1. The van der Waals surface area contributed by atoms with Crippen LogP contribution in [0.5, 0.6) is 0 Å². The summed E-state index contributed by atoms with van der Waals surface area (Å²) in [6.45, 7) is 4.69. The molecule has 0 unspecified atom stereocenters. The molecule has 0 aliphatic carbocycles. The summed E-state index contributed by atoms with van der Waals surface area (Å²) in [5.74, 6) is 0.630. The van der Waals surface area contributed by atoms with E-state index in [1.165, 1.54) is 16.5 Å². The Balaban J connectivity index is 1.70. The zero-order chi connectivity index (χ0) is 17.8. The first-order valence-corrected chi connectivity index (χ1v) is 8.61. The Bertz CT molecular complexity index is 940. The lowest BCUT2D eigenvalue weighted by atomic mass is 10.00. The van der Waals surface area contributed by atoms with Crippen molar-refractivity contribution >= 4 is 16.7 Å². The number of carbonyl (C=O) groups excluding carboxylic acids is 1. The first kappa shape index (κ1) is 17.1. The molecule has 0 aliphatic heterocycles. The zero-order valence-electron chi connectivity index (χ0n) is 14.6. The van der Waals surface area contributed by atoms with Gasteiger partial charge in [-0.3, -0.25) is 14.2 Å². The molecule has 4 heteroatoms. The van der Waals surface area contributed by atoms with Crippen molar-refractivity contribution in [2.75, 3.05) is 0 Å². The predicted octanol–water partition coefficient (Wildman–Crippen LogP) is 3.87. The molecule has 25 heavy (non-hydrogen) atoms. The van der Waals surface area contributed by atoms with Crippen molar-refractivity contribution in [3.05, 3.63) is 76.3 Å². The van der Waals surface area contributed by atoms with Crippen molar-refractivity contribution in [2.24, 2.45) is 5.92 Å². The number of carbonyl (C=O) groups is 1.